The third-order valence-electron chi connectivity index (χ3n) is 3.87. The summed E-state index contributed by atoms with van der Waals surface area (Å²) in [5.41, 5.74) is 0.209. The molecule has 2 aliphatic heterocycles. The van der Waals surface area contributed by atoms with Crippen LogP contribution in [0.5, 0.6) is 0 Å². The number of thioether (sulfide) groups is 1. The van der Waals surface area contributed by atoms with Crippen molar-refractivity contribution in [1.82, 2.24) is 9.80 Å². The van der Waals surface area contributed by atoms with Gasteiger partial charge in [0.05, 0.1) is 4.91 Å². The average molecular weight is 413 g/mol. The van der Waals surface area contributed by atoms with Crippen molar-refractivity contribution in [3.05, 3.63) is 39.0 Å². The van der Waals surface area contributed by atoms with E-state index in [0.717, 1.165) is 29.5 Å². The van der Waals surface area contributed by atoms with Crippen LogP contribution < -0.4 is 0 Å². The number of carbonyl (C=O) groups is 3. The lowest BCUT2D eigenvalue weighted by Crippen LogP contribution is -2.40. The Morgan fingerprint density at radius 3 is 2.71 bits per heavy atom. The highest BCUT2D eigenvalue weighted by Crippen LogP contribution is 2.33. The number of likely N-dealkylation sites (tertiary alicyclic amines) is 1. The van der Waals surface area contributed by atoms with Crippen molar-refractivity contribution in [1.29, 1.82) is 0 Å². The van der Waals surface area contributed by atoms with Gasteiger partial charge in [0.2, 0.25) is 5.91 Å². The largest absolute Gasteiger partial charge is 0.341 e. The summed E-state index contributed by atoms with van der Waals surface area (Å²) in [7, 11) is 0. The van der Waals surface area contributed by atoms with Gasteiger partial charge in [-0.3, -0.25) is 19.3 Å². The maximum Gasteiger partial charge on any atom is 0.294 e. The molecule has 0 radical (unpaired) electrons. The Labute approximate surface area is 151 Å². The molecule has 0 atom stereocenters. The van der Waals surface area contributed by atoms with E-state index in [0.29, 0.717) is 17.6 Å². The molecule has 0 aliphatic carbocycles. The lowest BCUT2D eigenvalue weighted by molar-refractivity contribution is -0.135. The third kappa shape index (κ3) is 3.54. The zero-order valence-corrected chi connectivity index (χ0v) is 15.0. The first-order chi connectivity index (χ1) is 11.5. The van der Waals surface area contributed by atoms with Crippen LogP contribution in [0.1, 0.15) is 18.4 Å². The summed E-state index contributed by atoms with van der Waals surface area (Å²) >= 11 is 3.96. The summed E-state index contributed by atoms with van der Waals surface area (Å²) in [6, 6.07) is 4.35. The number of hydrogen-bond acceptors (Lipinski definition) is 4. The van der Waals surface area contributed by atoms with Crippen molar-refractivity contribution in [3.63, 3.8) is 0 Å². The van der Waals surface area contributed by atoms with Crippen molar-refractivity contribution >= 4 is 50.8 Å². The number of rotatable bonds is 3. The monoisotopic (exact) mass is 412 g/mol. The van der Waals surface area contributed by atoms with Crippen LogP contribution in [0.4, 0.5) is 9.18 Å². The Bertz CT molecular complexity index is 747. The van der Waals surface area contributed by atoms with Gasteiger partial charge in [0.25, 0.3) is 11.1 Å². The molecule has 2 aliphatic rings. The Kier molecular flexibility index (Phi) is 5.05. The van der Waals surface area contributed by atoms with Gasteiger partial charge in [-0.25, -0.2) is 4.39 Å². The van der Waals surface area contributed by atoms with Crippen LogP contribution in [0, 0.1) is 5.82 Å². The van der Waals surface area contributed by atoms with Crippen molar-refractivity contribution in [2.45, 2.75) is 12.8 Å². The van der Waals surface area contributed by atoms with Crippen LogP contribution in [0.2, 0.25) is 0 Å². The number of benzene rings is 1. The van der Waals surface area contributed by atoms with Crippen molar-refractivity contribution in [3.8, 4) is 0 Å². The number of hydrogen-bond donors (Lipinski definition) is 0. The Morgan fingerprint density at radius 1 is 1.29 bits per heavy atom. The predicted molar refractivity (Wildman–Crippen MR) is 92.6 cm³/mol. The number of halogens is 2. The molecule has 3 amide bonds. The SMILES string of the molecule is O=C(CN1C(=O)S/C(=C\c2cc(Br)ccc2F)C1=O)N1CCCC1. The summed E-state index contributed by atoms with van der Waals surface area (Å²) in [6.07, 6.45) is 3.22. The summed E-state index contributed by atoms with van der Waals surface area (Å²) < 4.78 is 14.5. The highest BCUT2D eigenvalue weighted by atomic mass is 79.9. The van der Waals surface area contributed by atoms with Gasteiger partial charge in [0.1, 0.15) is 12.4 Å². The van der Waals surface area contributed by atoms with Crippen LogP contribution in [-0.2, 0) is 9.59 Å². The first-order valence-corrected chi connectivity index (χ1v) is 9.05. The van der Waals surface area contributed by atoms with E-state index in [4.69, 9.17) is 0 Å². The quantitative estimate of drug-likeness (QED) is 0.714. The van der Waals surface area contributed by atoms with Gasteiger partial charge in [-0.1, -0.05) is 15.9 Å². The minimum Gasteiger partial charge on any atom is -0.341 e. The molecule has 0 aromatic heterocycles. The number of nitrogens with zero attached hydrogens (tertiary/aromatic N) is 2. The van der Waals surface area contributed by atoms with E-state index < -0.39 is 17.0 Å². The van der Waals surface area contributed by atoms with Crippen LogP contribution in [-0.4, -0.2) is 46.5 Å². The fourth-order valence-corrected chi connectivity index (χ4v) is 3.81. The van der Waals surface area contributed by atoms with Crippen LogP contribution in [0.3, 0.4) is 0 Å². The standard InChI is InChI=1S/C16H14BrFN2O3S/c17-11-3-4-12(18)10(7-11)8-13-15(22)20(16(23)24-13)9-14(21)19-5-1-2-6-19/h3-4,7-8H,1-2,5-6,9H2/b13-8-. The molecular formula is C16H14BrFN2O3S. The lowest BCUT2D eigenvalue weighted by atomic mass is 10.2. The minimum atomic E-state index is -0.558. The fraction of sp³-hybridized carbons (Fsp3) is 0.312. The van der Waals surface area contributed by atoms with Crippen molar-refractivity contribution in [2.24, 2.45) is 0 Å². The number of carbonyl (C=O) groups excluding carboxylic acids is 3. The molecule has 3 rings (SSSR count). The molecule has 1 aromatic rings. The summed E-state index contributed by atoms with van der Waals surface area (Å²) in [4.78, 5) is 39.3. The van der Waals surface area contributed by atoms with E-state index in [9.17, 15) is 18.8 Å². The molecule has 0 unspecified atom stereocenters. The Hall–Kier alpha value is -1.67. The zero-order valence-electron chi connectivity index (χ0n) is 12.6. The average Bonchev–Trinajstić information content (AvgIpc) is 3.16. The highest BCUT2D eigenvalue weighted by molar-refractivity contribution is 9.10. The Morgan fingerprint density at radius 2 is 2.00 bits per heavy atom. The van der Waals surface area contributed by atoms with E-state index in [-0.39, 0.29) is 22.9 Å². The molecular weight excluding hydrogens is 399 g/mol. The molecule has 0 N–H and O–H groups in total. The van der Waals surface area contributed by atoms with E-state index in [1.165, 1.54) is 18.2 Å². The molecule has 8 heteroatoms. The first-order valence-electron chi connectivity index (χ1n) is 7.44. The molecule has 0 bridgehead atoms. The molecule has 0 saturated carbocycles. The summed E-state index contributed by atoms with van der Waals surface area (Å²) in [6.45, 7) is 1.06. The van der Waals surface area contributed by atoms with E-state index in [1.54, 1.807) is 11.0 Å². The molecule has 5 nitrogen and oxygen atoms in total. The second kappa shape index (κ2) is 7.06. The molecule has 1 aromatic carbocycles. The predicted octanol–water partition coefficient (Wildman–Crippen LogP) is 3.25. The second-order valence-electron chi connectivity index (χ2n) is 5.52. The van der Waals surface area contributed by atoms with Gasteiger partial charge >= 0.3 is 0 Å². The minimum absolute atomic E-state index is 0.117. The molecule has 2 fully saturated rings. The van der Waals surface area contributed by atoms with Gasteiger partial charge in [-0.05, 0) is 48.9 Å². The molecule has 2 saturated heterocycles. The van der Waals surface area contributed by atoms with Gasteiger partial charge in [-0.15, -0.1) is 0 Å². The van der Waals surface area contributed by atoms with Crippen LogP contribution in [0.15, 0.2) is 27.6 Å². The highest BCUT2D eigenvalue weighted by Gasteiger charge is 2.37. The van der Waals surface area contributed by atoms with E-state index >= 15 is 0 Å². The van der Waals surface area contributed by atoms with Gasteiger partial charge in [0, 0.05) is 23.1 Å². The topological polar surface area (TPSA) is 57.7 Å². The van der Waals surface area contributed by atoms with Gasteiger partial charge in [0.15, 0.2) is 0 Å². The van der Waals surface area contributed by atoms with Crippen LogP contribution in [0.25, 0.3) is 6.08 Å². The van der Waals surface area contributed by atoms with Gasteiger partial charge < -0.3 is 4.90 Å². The van der Waals surface area contributed by atoms with E-state index in [2.05, 4.69) is 15.9 Å². The third-order valence-corrected chi connectivity index (χ3v) is 5.27. The summed E-state index contributed by atoms with van der Waals surface area (Å²) in [5.74, 6) is -1.28. The van der Waals surface area contributed by atoms with Crippen molar-refractivity contribution in [2.75, 3.05) is 19.6 Å². The molecule has 126 valence electrons. The van der Waals surface area contributed by atoms with E-state index in [1.807, 2.05) is 0 Å². The maximum atomic E-state index is 13.8. The van der Waals surface area contributed by atoms with Gasteiger partial charge in [-0.2, -0.15) is 0 Å². The second-order valence-corrected chi connectivity index (χ2v) is 7.43. The number of amides is 3. The smallest absolute Gasteiger partial charge is 0.294 e. The summed E-state index contributed by atoms with van der Waals surface area (Å²) in [5, 5.41) is -0.505. The zero-order chi connectivity index (χ0) is 17.3. The molecule has 2 heterocycles. The Balaban J connectivity index is 1.77. The van der Waals surface area contributed by atoms with Crippen molar-refractivity contribution < 1.29 is 18.8 Å². The first kappa shape index (κ1) is 17.2. The fourth-order valence-electron chi connectivity index (χ4n) is 2.60. The molecule has 0 spiro atoms. The number of imide groups is 1. The van der Waals surface area contributed by atoms with Crippen LogP contribution >= 0.6 is 27.7 Å². The lowest BCUT2D eigenvalue weighted by Gasteiger charge is -2.18. The molecule has 24 heavy (non-hydrogen) atoms. The normalized spacial score (nSPS) is 19.7. The maximum absolute atomic E-state index is 13.8.